The van der Waals surface area contributed by atoms with Crippen molar-refractivity contribution in [1.82, 2.24) is 0 Å². The number of rotatable bonds is 6. The molecule has 0 saturated carbocycles. The zero-order valence-corrected chi connectivity index (χ0v) is 18.6. The first kappa shape index (κ1) is 21.9. The van der Waals surface area contributed by atoms with E-state index in [0.29, 0.717) is 21.4 Å². The average Bonchev–Trinajstić information content (AvgIpc) is 2.77. The lowest BCUT2D eigenvalue weighted by Crippen LogP contribution is -2.19. The zero-order valence-electron chi connectivity index (χ0n) is 17.1. The van der Waals surface area contributed by atoms with Crippen LogP contribution in [0.3, 0.4) is 0 Å². The summed E-state index contributed by atoms with van der Waals surface area (Å²) in [6.45, 7) is 0. The second kappa shape index (κ2) is 9.86. The molecule has 0 bridgehead atoms. The Bertz CT molecular complexity index is 1170. The Labute approximate surface area is 196 Å². The fourth-order valence-electron chi connectivity index (χ4n) is 3.41. The van der Waals surface area contributed by atoms with Crippen LogP contribution in [0, 0.1) is 0 Å². The summed E-state index contributed by atoms with van der Waals surface area (Å²) in [5.74, 6) is -0.369. The summed E-state index contributed by atoms with van der Waals surface area (Å²) < 4.78 is 0. The average molecular weight is 463 g/mol. The number of carbonyl (C=O) groups is 2. The molecule has 0 atom stereocenters. The summed E-state index contributed by atoms with van der Waals surface area (Å²) in [4.78, 5) is 25.4. The van der Waals surface area contributed by atoms with Gasteiger partial charge in [-0.25, -0.2) is 0 Å². The van der Waals surface area contributed by atoms with E-state index in [4.69, 9.17) is 23.2 Å². The van der Waals surface area contributed by atoms with Gasteiger partial charge in [-0.15, -0.1) is 0 Å². The first-order valence-electron chi connectivity index (χ1n) is 10.1. The van der Waals surface area contributed by atoms with E-state index in [0.717, 1.165) is 21.9 Å². The molecule has 4 rings (SSSR count). The summed E-state index contributed by atoms with van der Waals surface area (Å²) in [7, 11) is 0. The van der Waals surface area contributed by atoms with Crippen LogP contribution in [0.25, 0.3) is 10.8 Å². The Morgan fingerprint density at radius 3 is 1.34 bits per heavy atom. The van der Waals surface area contributed by atoms with Crippen LogP contribution in [0.1, 0.15) is 11.1 Å². The number of hydrogen-bond donors (Lipinski definition) is 2. The maximum Gasteiger partial charge on any atom is 0.228 e. The van der Waals surface area contributed by atoms with E-state index < -0.39 is 0 Å². The highest BCUT2D eigenvalue weighted by molar-refractivity contribution is 6.30. The highest BCUT2D eigenvalue weighted by Gasteiger charge is 2.13. The van der Waals surface area contributed by atoms with Gasteiger partial charge < -0.3 is 10.6 Å². The van der Waals surface area contributed by atoms with E-state index in [2.05, 4.69) is 10.6 Å². The topological polar surface area (TPSA) is 58.2 Å². The van der Waals surface area contributed by atoms with Crippen LogP contribution in [0.4, 0.5) is 11.4 Å². The molecule has 0 saturated heterocycles. The Balaban J connectivity index is 1.55. The fraction of sp³-hybridized carbons (Fsp3) is 0.0769. The van der Waals surface area contributed by atoms with Crippen LogP contribution in [-0.2, 0) is 22.4 Å². The summed E-state index contributed by atoms with van der Waals surface area (Å²) in [5.41, 5.74) is 2.79. The lowest BCUT2D eigenvalue weighted by molar-refractivity contribution is -0.116. The lowest BCUT2D eigenvalue weighted by atomic mass is 10.1. The van der Waals surface area contributed by atoms with Crippen molar-refractivity contribution in [2.45, 2.75) is 12.8 Å². The maximum absolute atomic E-state index is 12.7. The molecule has 0 aliphatic carbocycles. The number of nitrogens with one attached hydrogen (secondary N) is 2. The van der Waals surface area contributed by atoms with Gasteiger partial charge in [0.25, 0.3) is 0 Å². The summed E-state index contributed by atoms with van der Waals surface area (Å²) in [5, 5.41) is 9.04. The van der Waals surface area contributed by atoms with Crippen LogP contribution >= 0.6 is 23.2 Å². The SMILES string of the molecule is O=C(Cc1ccc(Cl)cc1)Nc1cc2ccccc2cc1NC(=O)Cc1ccc(Cl)cc1. The minimum absolute atomic E-state index is 0.184. The third-order valence-electron chi connectivity index (χ3n) is 4.99. The summed E-state index contributed by atoms with van der Waals surface area (Å²) >= 11 is 11.8. The largest absolute Gasteiger partial charge is 0.324 e. The molecule has 0 fully saturated rings. The minimum Gasteiger partial charge on any atom is -0.324 e. The standard InChI is InChI=1S/C26H20Cl2N2O2/c27-21-9-5-17(6-10-21)13-25(31)29-23-15-19-3-1-2-4-20(19)16-24(23)30-26(32)14-18-7-11-22(28)12-8-18/h1-12,15-16H,13-14H2,(H,29,31)(H,30,32). The Kier molecular flexibility index (Phi) is 6.74. The lowest BCUT2D eigenvalue weighted by Gasteiger charge is -2.14. The van der Waals surface area contributed by atoms with E-state index in [1.807, 2.05) is 60.7 Å². The first-order chi connectivity index (χ1) is 15.5. The van der Waals surface area contributed by atoms with Crippen molar-refractivity contribution in [2.75, 3.05) is 10.6 Å². The van der Waals surface area contributed by atoms with Gasteiger partial charge >= 0.3 is 0 Å². The molecule has 0 aliphatic heterocycles. The van der Waals surface area contributed by atoms with Gasteiger partial charge in [-0.05, 0) is 58.3 Å². The molecule has 32 heavy (non-hydrogen) atoms. The van der Waals surface area contributed by atoms with Crippen molar-refractivity contribution >= 4 is 57.2 Å². The number of hydrogen-bond acceptors (Lipinski definition) is 2. The van der Waals surface area contributed by atoms with Gasteiger partial charge in [-0.3, -0.25) is 9.59 Å². The molecule has 4 nitrogen and oxygen atoms in total. The second-order valence-electron chi connectivity index (χ2n) is 7.45. The highest BCUT2D eigenvalue weighted by Crippen LogP contribution is 2.29. The number of benzene rings is 4. The van der Waals surface area contributed by atoms with Crippen molar-refractivity contribution < 1.29 is 9.59 Å². The predicted octanol–water partition coefficient (Wildman–Crippen LogP) is 6.51. The molecule has 6 heteroatoms. The van der Waals surface area contributed by atoms with E-state index in [-0.39, 0.29) is 24.7 Å². The number of anilines is 2. The normalized spacial score (nSPS) is 10.7. The smallest absolute Gasteiger partial charge is 0.228 e. The number of amides is 2. The molecule has 0 radical (unpaired) electrons. The molecule has 4 aromatic rings. The van der Waals surface area contributed by atoms with E-state index in [1.165, 1.54) is 0 Å². The van der Waals surface area contributed by atoms with Gasteiger partial charge in [0.15, 0.2) is 0 Å². The minimum atomic E-state index is -0.184. The molecule has 4 aromatic carbocycles. The molecule has 2 amide bonds. The third-order valence-corrected chi connectivity index (χ3v) is 5.49. The van der Waals surface area contributed by atoms with Gasteiger partial charge in [0.05, 0.1) is 24.2 Å². The van der Waals surface area contributed by atoms with Gasteiger partial charge in [-0.1, -0.05) is 71.7 Å². The molecule has 0 aromatic heterocycles. The van der Waals surface area contributed by atoms with Gasteiger partial charge in [0.2, 0.25) is 11.8 Å². The summed E-state index contributed by atoms with van der Waals surface area (Å²) in [6.07, 6.45) is 0.393. The quantitative estimate of drug-likeness (QED) is 0.343. The van der Waals surface area contributed by atoms with E-state index >= 15 is 0 Å². The van der Waals surface area contributed by atoms with Crippen LogP contribution < -0.4 is 10.6 Å². The van der Waals surface area contributed by atoms with E-state index in [1.54, 1.807) is 24.3 Å². The molecule has 0 spiro atoms. The Morgan fingerprint density at radius 2 is 0.969 bits per heavy atom. The van der Waals surface area contributed by atoms with Crippen molar-refractivity contribution in [3.8, 4) is 0 Å². The van der Waals surface area contributed by atoms with E-state index in [9.17, 15) is 9.59 Å². The molecular weight excluding hydrogens is 443 g/mol. The van der Waals surface area contributed by atoms with Crippen LogP contribution in [-0.4, -0.2) is 11.8 Å². The maximum atomic E-state index is 12.7. The van der Waals surface area contributed by atoms with Crippen LogP contribution in [0.5, 0.6) is 0 Å². The Morgan fingerprint density at radius 1 is 0.594 bits per heavy atom. The molecule has 0 unspecified atom stereocenters. The van der Waals surface area contributed by atoms with Crippen molar-refractivity contribution in [3.05, 3.63) is 106 Å². The first-order valence-corrected chi connectivity index (χ1v) is 10.8. The van der Waals surface area contributed by atoms with Crippen LogP contribution in [0.2, 0.25) is 10.0 Å². The molecule has 160 valence electrons. The third kappa shape index (κ3) is 5.67. The number of carbonyl (C=O) groups excluding carboxylic acids is 2. The molecule has 0 heterocycles. The van der Waals surface area contributed by atoms with Gasteiger partial charge in [-0.2, -0.15) is 0 Å². The van der Waals surface area contributed by atoms with Crippen molar-refractivity contribution in [2.24, 2.45) is 0 Å². The fourth-order valence-corrected chi connectivity index (χ4v) is 3.66. The van der Waals surface area contributed by atoms with Gasteiger partial charge in [0.1, 0.15) is 0 Å². The molecule has 2 N–H and O–H groups in total. The van der Waals surface area contributed by atoms with Crippen LogP contribution in [0.15, 0.2) is 84.9 Å². The monoisotopic (exact) mass is 462 g/mol. The van der Waals surface area contributed by atoms with Crippen molar-refractivity contribution in [1.29, 1.82) is 0 Å². The van der Waals surface area contributed by atoms with Gasteiger partial charge in [0, 0.05) is 10.0 Å². The number of fused-ring (bicyclic) bond motifs is 1. The second-order valence-corrected chi connectivity index (χ2v) is 8.32. The summed E-state index contributed by atoms with van der Waals surface area (Å²) in [6, 6.07) is 25.8. The molecule has 0 aliphatic rings. The zero-order chi connectivity index (χ0) is 22.5. The highest BCUT2D eigenvalue weighted by atomic mass is 35.5. The molecular formula is C26H20Cl2N2O2. The predicted molar refractivity (Wildman–Crippen MR) is 132 cm³/mol. The van der Waals surface area contributed by atoms with Crippen molar-refractivity contribution in [3.63, 3.8) is 0 Å². The number of halogens is 2. The Hall–Kier alpha value is -3.34.